The van der Waals surface area contributed by atoms with Crippen LogP contribution < -0.4 is 4.90 Å². The van der Waals surface area contributed by atoms with Crippen LogP contribution in [0.1, 0.15) is 16.1 Å². The number of hydrogen-bond acceptors (Lipinski definition) is 7. The number of aryl methyl sites for hydroxylation is 1. The summed E-state index contributed by atoms with van der Waals surface area (Å²) in [5.41, 5.74) is 4.39. The van der Waals surface area contributed by atoms with E-state index in [9.17, 15) is 4.79 Å². The summed E-state index contributed by atoms with van der Waals surface area (Å²) in [5.74, 6) is 1.65. The van der Waals surface area contributed by atoms with Crippen molar-refractivity contribution in [3.05, 3.63) is 59.6 Å². The van der Waals surface area contributed by atoms with Gasteiger partial charge in [-0.15, -0.1) is 11.3 Å². The third kappa shape index (κ3) is 3.44. The number of nitrogens with zero attached hydrogens (tertiary/aromatic N) is 7. The van der Waals surface area contributed by atoms with Crippen molar-refractivity contribution in [2.24, 2.45) is 0 Å². The predicted molar refractivity (Wildman–Crippen MR) is 112 cm³/mol. The van der Waals surface area contributed by atoms with E-state index in [1.165, 1.54) is 0 Å². The van der Waals surface area contributed by atoms with Gasteiger partial charge in [0.2, 0.25) is 0 Å². The van der Waals surface area contributed by atoms with Gasteiger partial charge < -0.3 is 9.80 Å². The van der Waals surface area contributed by atoms with Gasteiger partial charge >= 0.3 is 0 Å². The van der Waals surface area contributed by atoms with E-state index in [0.717, 1.165) is 40.6 Å². The number of anilines is 1. The first-order valence-electron chi connectivity index (χ1n) is 9.39. The standard InChI is InChI=1S/C20H19N7OS/c1-14-4-5-27(24-14)19-11-18(21-12-22-19)25-6-8-26(9-7-25)20(28)15-2-3-16-17(10-15)29-13-23-16/h2-5,10-13H,6-9H2,1H3. The van der Waals surface area contributed by atoms with Crippen molar-refractivity contribution in [1.29, 1.82) is 0 Å². The molecule has 0 N–H and O–H groups in total. The summed E-state index contributed by atoms with van der Waals surface area (Å²) in [6.07, 6.45) is 3.45. The molecule has 29 heavy (non-hydrogen) atoms. The van der Waals surface area contributed by atoms with Crippen LogP contribution in [0.4, 0.5) is 5.82 Å². The number of hydrogen-bond donors (Lipinski definition) is 0. The molecule has 1 aromatic carbocycles. The number of rotatable bonds is 3. The van der Waals surface area contributed by atoms with Crippen molar-refractivity contribution < 1.29 is 4.79 Å². The van der Waals surface area contributed by atoms with Crippen molar-refractivity contribution >= 4 is 33.3 Å². The molecule has 0 atom stereocenters. The van der Waals surface area contributed by atoms with Gasteiger partial charge in [-0.3, -0.25) is 4.79 Å². The van der Waals surface area contributed by atoms with Crippen molar-refractivity contribution in [3.8, 4) is 5.82 Å². The first kappa shape index (κ1) is 17.7. The Morgan fingerprint density at radius 3 is 2.62 bits per heavy atom. The van der Waals surface area contributed by atoms with Gasteiger partial charge in [0, 0.05) is 44.0 Å². The second-order valence-corrected chi connectivity index (χ2v) is 7.84. The molecule has 1 aliphatic heterocycles. The molecule has 3 aromatic heterocycles. The normalized spacial score (nSPS) is 14.5. The van der Waals surface area contributed by atoms with Gasteiger partial charge in [-0.2, -0.15) is 5.10 Å². The molecule has 8 nitrogen and oxygen atoms in total. The number of thiazole rings is 1. The van der Waals surface area contributed by atoms with Crippen LogP contribution in [0.25, 0.3) is 16.0 Å². The lowest BCUT2D eigenvalue weighted by molar-refractivity contribution is 0.0746. The Bertz CT molecular complexity index is 1180. The lowest BCUT2D eigenvalue weighted by Gasteiger charge is -2.35. The van der Waals surface area contributed by atoms with Gasteiger partial charge in [-0.25, -0.2) is 19.6 Å². The van der Waals surface area contributed by atoms with Gasteiger partial charge in [0.25, 0.3) is 5.91 Å². The van der Waals surface area contributed by atoms with E-state index in [1.54, 1.807) is 27.9 Å². The predicted octanol–water partition coefficient (Wildman–Crippen LogP) is 2.54. The molecule has 0 unspecified atom stereocenters. The average molecular weight is 405 g/mol. The second kappa shape index (κ2) is 7.25. The lowest BCUT2D eigenvalue weighted by atomic mass is 10.1. The Morgan fingerprint density at radius 1 is 1.00 bits per heavy atom. The first-order chi connectivity index (χ1) is 14.2. The highest BCUT2D eigenvalue weighted by Gasteiger charge is 2.23. The summed E-state index contributed by atoms with van der Waals surface area (Å²) in [5, 5.41) is 4.41. The molecule has 5 rings (SSSR count). The molecule has 0 bridgehead atoms. The molecule has 4 aromatic rings. The van der Waals surface area contributed by atoms with E-state index in [-0.39, 0.29) is 5.91 Å². The zero-order valence-corrected chi connectivity index (χ0v) is 16.7. The monoisotopic (exact) mass is 405 g/mol. The number of amides is 1. The molecule has 0 saturated carbocycles. The minimum atomic E-state index is 0.0651. The fourth-order valence-corrected chi connectivity index (χ4v) is 4.20. The Kier molecular flexibility index (Phi) is 4.44. The van der Waals surface area contributed by atoms with Gasteiger partial charge in [0.05, 0.1) is 21.4 Å². The van der Waals surface area contributed by atoms with Crippen LogP contribution in [0.3, 0.4) is 0 Å². The zero-order valence-electron chi connectivity index (χ0n) is 15.9. The Hall–Kier alpha value is -3.33. The van der Waals surface area contributed by atoms with Gasteiger partial charge in [0.1, 0.15) is 12.1 Å². The molecule has 1 amide bonds. The highest BCUT2D eigenvalue weighted by atomic mass is 32.1. The topological polar surface area (TPSA) is 80.0 Å². The van der Waals surface area contributed by atoms with Crippen molar-refractivity contribution in [2.45, 2.75) is 6.92 Å². The number of carbonyl (C=O) groups is 1. The average Bonchev–Trinajstić information content (AvgIpc) is 3.42. The Balaban J connectivity index is 1.28. The first-order valence-corrected chi connectivity index (χ1v) is 10.3. The van der Waals surface area contributed by atoms with Gasteiger partial charge in [0.15, 0.2) is 5.82 Å². The molecule has 4 heterocycles. The molecule has 0 radical (unpaired) electrons. The van der Waals surface area contributed by atoms with Crippen LogP contribution in [-0.2, 0) is 0 Å². The second-order valence-electron chi connectivity index (χ2n) is 6.95. The maximum absolute atomic E-state index is 12.9. The van der Waals surface area contributed by atoms with Gasteiger partial charge in [-0.05, 0) is 31.2 Å². The van der Waals surface area contributed by atoms with Crippen LogP contribution >= 0.6 is 11.3 Å². The molecular weight excluding hydrogens is 386 g/mol. The van der Waals surface area contributed by atoms with Crippen molar-refractivity contribution in [1.82, 2.24) is 29.6 Å². The van der Waals surface area contributed by atoms with E-state index in [2.05, 4.69) is 25.0 Å². The lowest BCUT2D eigenvalue weighted by Crippen LogP contribution is -2.49. The fraction of sp³-hybridized carbons (Fsp3) is 0.250. The summed E-state index contributed by atoms with van der Waals surface area (Å²) in [4.78, 5) is 30.0. The van der Waals surface area contributed by atoms with Crippen LogP contribution in [0.2, 0.25) is 0 Å². The van der Waals surface area contributed by atoms with Crippen LogP contribution in [0, 0.1) is 6.92 Å². The van der Waals surface area contributed by atoms with Crippen LogP contribution in [0.5, 0.6) is 0 Å². The third-order valence-electron chi connectivity index (χ3n) is 5.06. The quantitative estimate of drug-likeness (QED) is 0.521. The smallest absolute Gasteiger partial charge is 0.254 e. The summed E-state index contributed by atoms with van der Waals surface area (Å²) in [6, 6.07) is 9.58. The number of benzene rings is 1. The minimum absolute atomic E-state index is 0.0651. The SMILES string of the molecule is Cc1ccn(-c2cc(N3CCN(C(=O)c4ccc5ncsc5c4)CC3)ncn2)n1. The van der Waals surface area contributed by atoms with E-state index < -0.39 is 0 Å². The molecule has 9 heteroatoms. The highest BCUT2D eigenvalue weighted by Crippen LogP contribution is 2.21. The Labute approximate surface area is 171 Å². The largest absolute Gasteiger partial charge is 0.353 e. The van der Waals surface area contributed by atoms with Crippen molar-refractivity contribution in [2.75, 3.05) is 31.1 Å². The van der Waals surface area contributed by atoms with Gasteiger partial charge in [-0.1, -0.05) is 0 Å². The van der Waals surface area contributed by atoms with Crippen LogP contribution in [0.15, 0.2) is 48.4 Å². The maximum Gasteiger partial charge on any atom is 0.254 e. The van der Waals surface area contributed by atoms with E-state index in [4.69, 9.17) is 0 Å². The zero-order chi connectivity index (χ0) is 19.8. The summed E-state index contributed by atoms with van der Waals surface area (Å²) < 4.78 is 2.78. The number of carbonyl (C=O) groups excluding carboxylic acids is 1. The molecule has 146 valence electrons. The van der Waals surface area contributed by atoms with E-state index in [1.807, 2.05) is 48.4 Å². The van der Waals surface area contributed by atoms with Crippen molar-refractivity contribution in [3.63, 3.8) is 0 Å². The summed E-state index contributed by atoms with van der Waals surface area (Å²) in [7, 11) is 0. The molecule has 0 aliphatic carbocycles. The number of aromatic nitrogens is 5. The van der Waals surface area contributed by atoms with Crippen LogP contribution in [-0.4, -0.2) is 61.7 Å². The highest BCUT2D eigenvalue weighted by molar-refractivity contribution is 7.16. The minimum Gasteiger partial charge on any atom is -0.353 e. The van der Waals surface area contributed by atoms with E-state index >= 15 is 0 Å². The fourth-order valence-electron chi connectivity index (χ4n) is 3.49. The molecule has 1 fully saturated rings. The number of fused-ring (bicyclic) bond motifs is 1. The van der Waals surface area contributed by atoms with E-state index in [0.29, 0.717) is 18.7 Å². The number of piperazine rings is 1. The third-order valence-corrected chi connectivity index (χ3v) is 5.86. The summed E-state index contributed by atoms with van der Waals surface area (Å²) >= 11 is 1.55. The maximum atomic E-state index is 12.9. The molecule has 1 saturated heterocycles. The molecule has 0 spiro atoms. The molecular formula is C20H19N7OS. The summed E-state index contributed by atoms with van der Waals surface area (Å²) in [6.45, 7) is 4.70. The Morgan fingerprint density at radius 2 is 1.83 bits per heavy atom. The molecule has 1 aliphatic rings.